The lowest BCUT2D eigenvalue weighted by Gasteiger charge is -2.23. The highest BCUT2D eigenvalue weighted by Gasteiger charge is 2.76. The van der Waals surface area contributed by atoms with Crippen molar-refractivity contribution < 1.29 is 32.6 Å². The van der Waals surface area contributed by atoms with Gasteiger partial charge in [-0.25, -0.2) is 13.6 Å². The van der Waals surface area contributed by atoms with Crippen molar-refractivity contribution in [1.29, 1.82) is 5.26 Å². The van der Waals surface area contributed by atoms with Crippen LogP contribution in [0.5, 0.6) is 5.75 Å². The van der Waals surface area contributed by atoms with Gasteiger partial charge in [0.2, 0.25) is 0 Å². The molecule has 208 valence electrons. The summed E-state index contributed by atoms with van der Waals surface area (Å²) in [7, 11) is 2.49. The van der Waals surface area contributed by atoms with E-state index in [4.69, 9.17) is 14.2 Å². The molecule has 0 amide bonds. The Labute approximate surface area is 228 Å². The van der Waals surface area contributed by atoms with Crippen LogP contribution in [0.25, 0.3) is 21.8 Å². The number of aromatic nitrogens is 3. The summed E-state index contributed by atoms with van der Waals surface area (Å²) in [5.41, 5.74) is 1.47. The number of halogens is 2. The smallest absolute Gasteiger partial charge is 0.419 e. The number of carbonyl (C=O) groups excluding carboxylic acids is 2. The van der Waals surface area contributed by atoms with Gasteiger partial charge in [0, 0.05) is 28.7 Å². The number of hydrogen-bond acceptors (Lipinski definition) is 7. The minimum atomic E-state index is -3.40. The second-order valence-corrected chi connectivity index (χ2v) is 10.9. The van der Waals surface area contributed by atoms with E-state index in [0.29, 0.717) is 44.2 Å². The van der Waals surface area contributed by atoms with Crippen molar-refractivity contribution in [2.45, 2.75) is 45.3 Å². The molecular weight excluding hydrogens is 522 g/mol. The molecule has 2 aromatic carbocycles. The predicted molar refractivity (Wildman–Crippen MR) is 141 cm³/mol. The number of aryl methyl sites for hydroxylation is 1. The van der Waals surface area contributed by atoms with E-state index < -0.39 is 41.5 Å². The first-order valence-electron chi connectivity index (χ1n) is 12.6. The number of alkyl halides is 2. The Morgan fingerprint density at radius 1 is 1.18 bits per heavy atom. The molecule has 1 saturated carbocycles. The lowest BCUT2D eigenvalue weighted by Crippen LogP contribution is -2.27. The van der Waals surface area contributed by atoms with Crippen molar-refractivity contribution in [2.24, 2.45) is 11.8 Å². The summed E-state index contributed by atoms with van der Waals surface area (Å²) in [6, 6.07) is 9.01. The molecule has 9 nitrogen and oxygen atoms in total. The zero-order valence-corrected chi connectivity index (χ0v) is 22.9. The highest BCUT2D eigenvalue weighted by Crippen LogP contribution is 2.63. The Morgan fingerprint density at radius 3 is 2.52 bits per heavy atom. The van der Waals surface area contributed by atoms with Gasteiger partial charge in [-0.3, -0.25) is 14.0 Å². The average Bonchev–Trinajstić information content (AvgIpc) is 3.25. The molecule has 0 N–H and O–H groups in total. The molecule has 0 aliphatic heterocycles. The monoisotopic (exact) mass is 550 g/mol. The minimum absolute atomic E-state index is 0.292. The third-order valence-electron chi connectivity index (χ3n) is 7.11. The summed E-state index contributed by atoms with van der Waals surface area (Å²) in [6.45, 7) is 7.02. The molecule has 1 fully saturated rings. The second kappa shape index (κ2) is 9.33. The molecule has 0 radical (unpaired) electrons. The van der Waals surface area contributed by atoms with Gasteiger partial charge in [0.25, 0.3) is 5.92 Å². The standard InChI is InChI=1S/C29H28F2N4O5/c1-15-11-20(38-5)21(18-9-10-34(24(15)18)27(37)40-28(2,3)4)25(22-23(26(36)39-6)29(22,30)31)35-14-17-8-7-16(13-32)12-19(17)33-35/h7-12,14,22-23,25H,1-6H3. The lowest BCUT2D eigenvalue weighted by molar-refractivity contribution is -0.144. The van der Waals surface area contributed by atoms with Crippen LogP contribution in [0.3, 0.4) is 0 Å². The number of rotatable bonds is 5. The quantitative estimate of drug-likeness (QED) is 0.297. The maximum absolute atomic E-state index is 15.4. The minimum Gasteiger partial charge on any atom is -0.496 e. The van der Waals surface area contributed by atoms with Crippen LogP contribution in [-0.2, 0) is 14.3 Å². The average molecular weight is 551 g/mol. The Hall–Kier alpha value is -4.46. The maximum atomic E-state index is 15.4. The summed E-state index contributed by atoms with van der Waals surface area (Å²) in [4.78, 5) is 25.5. The predicted octanol–water partition coefficient (Wildman–Crippen LogP) is 5.61. The number of nitriles is 1. The molecule has 1 aliphatic rings. The van der Waals surface area contributed by atoms with Gasteiger partial charge in [-0.2, -0.15) is 10.4 Å². The van der Waals surface area contributed by atoms with Gasteiger partial charge in [-0.05, 0) is 63.6 Å². The van der Waals surface area contributed by atoms with Crippen molar-refractivity contribution in [3.05, 3.63) is 59.4 Å². The van der Waals surface area contributed by atoms with Crippen molar-refractivity contribution in [2.75, 3.05) is 14.2 Å². The van der Waals surface area contributed by atoms with Crippen molar-refractivity contribution >= 4 is 33.9 Å². The van der Waals surface area contributed by atoms with Gasteiger partial charge in [0.1, 0.15) is 17.3 Å². The van der Waals surface area contributed by atoms with Crippen LogP contribution in [0.4, 0.5) is 13.6 Å². The fourth-order valence-corrected chi connectivity index (χ4v) is 5.36. The third kappa shape index (κ3) is 4.33. The van der Waals surface area contributed by atoms with Gasteiger partial charge in [0.15, 0.2) is 0 Å². The van der Waals surface area contributed by atoms with E-state index in [1.165, 1.54) is 22.6 Å². The first-order valence-corrected chi connectivity index (χ1v) is 12.6. The van der Waals surface area contributed by atoms with E-state index in [-0.39, 0.29) is 0 Å². The molecule has 3 unspecified atom stereocenters. The molecule has 40 heavy (non-hydrogen) atoms. The number of methoxy groups -OCH3 is 2. The summed E-state index contributed by atoms with van der Waals surface area (Å²) >= 11 is 0. The molecule has 5 rings (SSSR count). The van der Waals surface area contributed by atoms with Gasteiger partial charge >= 0.3 is 12.1 Å². The molecule has 0 saturated heterocycles. The summed E-state index contributed by atoms with van der Waals surface area (Å²) in [5.74, 6) is -7.37. The number of ether oxygens (including phenoxy) is 3. The zero-order chi connectivity index (χ0) is 29.1. The molecular formula is C29H28F2N4O5. The van der Waals surface area contributed by atoms with Crippen molar-refractivity contribution in [3.8, 4) is 11.8 Å². The third-order valence-corrected chi connectivity index (χ3v) is 7.11. The first-order chi connectivity index (χ1) is 18.8. The van der Waals surface area contributed by atoms with Crippen LogP contribution in [0.1, 0.15) is 43.5 Å². The Bertz CT molecular complexity index is 1710. The zero-order valence-electron chi connectivity index (χ0n) is 22.9. The van der Waals surface area contributed by atoms with Crippen LogP contribution in [0.2, 0.25) is 0 Å². The van der Waals surface area contributed by atoms with Gasteiger partial charge in [0.05, 0.1) is 48.8 Å². The molecule has 2 heterocycles. The molecule has 3 atom stereocenters. The molecule has 11 heteroatoms. The van der Waals surface area contributed by atoms with Gasteiger partial charge < -0.3 is 14.2 Å². The van der Waals surface area contributed by atoms with E-state index in [0.717, 1.165) is 7.11 Å². The van der Waals surface area contributed by atoms with Gasteiger partial charge in [-0.1, -0.05) is 0 Å². The summed E-state index contributed by atoms with van der Waals surface area (Å²) in [5, 5.41) is 15.0. The number of benzene rings is 2. The number of esters is 1. The van der Waals surface area contributed by atoms with Crippen LogP contribution in [0, 0.1) is 30.1 Å². The fourth-order valence-electron chi connectivity index (χ4n) is 5.36. The molecule has 0 spiro atoms. The number of nitrogens with zero attached hydrogens (tertiary/aromatic N) is 4. The van der Waals surface area contributed by atoms with E-state index >= 15 is 8.78 Å². The van der Waals surface area contributed by atoms with E-state index in [9.17, 15) is 14.9 Å². The maximum Gasteiger partial charge on any atom is 0.419 e. The summed E-state index contributed by atoms with van der Waals surface area (Å²) < 4.78 is 49.5. The fraction of sp³-hybridized carbons (Fsp3) is 0.379. The Kier molecular flexibility index (Phi) is 6.32. The first kappa shape index (κ1) is 27.1. The molecule has 4 aromatic rings. The molecule has 0 bridgehead atoms. The van der Waals surface area contributed by atoms with Gasteiger partial charge in [-0.15, -0.1) is 0 Å². The number of fused-ring (bicyclic) bond motifs is 2. The Balaban J connectivity index is 1.78. The van der Waals surface area contributed by atoms with E-state index in [1.54, 1.807) is 64.2 Å². The van der Waals surface area contributed by atoms with Crippen LogP contribution < -0.4 is 4.74 Å². The Morgan fingerprint density at radius 2 is 1.90 bits per heavy atom. The van der Waals surface area contributed by atoms with Crippen molar-refractivity contribution in [1.82, 2.24) is 14.3 Å². The van der Waals surface area contributed by atoms with E-state index in [1.807, 2.05) is 6.07 Å². The largest absolute Gasteiger partial charge is 0.496 e. The SMILES string of the molecule is COC(=O)C1C(C(c2c(OC)cc(C)c3c2ccn3C(=O)OC(C)(C)C)n2cc3ccc(C#N)cc3n2)C1(F)F. The van der Waals surface area contributed by atoms with Crippen LogP contribution in [0.15, 0.2) is 42.7 Å². The molecule has 1 aliphatic carbocycles. The number of carbonyl (C=O) groups is 2. The normalized spacial score (nSPS) is 18.8. The molecule has 2 aromatic heterocycles. The lowest BCUT2D eigenvalue weighted by atomic mass is 9.94. The second-order valence-electron chi connectivity index (χ2n) is 10.9. The summed E-state index contributed by atoms with van der Waals surface area (Å²) in [6.07, 6.45) is 2.49. The highest BCUT2D eigenvalue weighted by atomic mass is 19.3. The van der Waals surface area contributed by atoms with Crippen molar-refractivity contribution in [3.63, 3.8) is 0 Å². The highest BCUT2D eigenvalue weighted by molar-refractivity contribution is 5.96. The van der Waals surface area contributed by atoms with Crippen LogP contribution >= 0.6 is 0 Å². The topological polar surface area (TPSA) is 108 Å². The van der Waals surface area contributed by atoms with E-state index in [2.05, 4.69) is 5.10 Å². The number of hydrogen-bond donors (Lipinski definition) is 0. The van der Waals surface area contributed by atoms with Crippen LogP contribution in [-0.4, -0.2) is 52.2 Å².